The molecule has 160 valence electrons. The van der Waals surface area contributed by atoms with Gasteiger partial charge in [-0.15, -0.1) is 0 Å². The van der Waals surface area contributed by atoms with Gasteiger partial charge in [0.1, 0.15) is 17.2 Å². The summed E-state index contributed by atoms with van der Waals surface area (Å²) >= 11 is 0. The van der Waals surface area contributed by atoms with Crippen molar-refractivity contribution in [1.29, 1.82) is 0 Å². The number of benzene rings is 2. The van der Waals surface area contributed by atoms with Crippen molar-refractivity contribution in [1.82, 2.24) is 5.32 Å². The monoisotopic (exact) mass is 418 g/mol. The topological polar surface area (TPSA) is 128 Å². The van der Waals surface area contributed by atoms with E-state index in [4.69, 9.17) is 9.94 Å². The molecule has 0 fully saturated rings. The fourth-order valence-electron chi connectivity index (χ4n) is 2.70. The van der Waals surface area contributed by atoms with Crippen molar-refractivity contribution in [2.45, 2.75) is 39.8 Å². The lowest BCUT2D eigenvalue weighted by molar-refractivity contribution is 0.0522. The molecule has 9 heteroatoms. The van der Waals surface area contributed by atoms with E-state index < -0.39 is 29.2 Å². The summed E-state index contributed by atoms with van der Waals surface area (Å²) in [4.78, 5) is 23.3. The number of rotatable bonds is 5. The van der Waals surface area contributed by atoms with E-state index in [-0.39, 0.29) is 40.1 Å². The fraction of sp³-hybridized carbons (Fsp3) is 0.286. The zero-order valence-electron chi connectivity index (χ0n) is 17.0. The minimum absolute atomic E-state index is 0.0417. The summed E-state index contributed by atoms with van der Waals surface area (Å²) in [5, 5.41) is 34.4. The summed E-state index contributed by atoms with van der Waals surface area (Å²) in [5.74, 6) is -2.49. The number of aromatic carboxylic acids is 1. The number of alkyl carbamates (subject to hydrolysis) is 1. The molecule has 0 aliphatic carbocycles. The number of carbonyl (C=O) groups is 2. The molecule has 0 heterocycles. The van der Waals surface area contributed by atoms with Crippen LogP contribution >= 0.6 is 0 Å². The van der Waals surface area contributed by atoms with E-state index >= 15 is 4.39 Å². The molecule has 0 saturated carbocycles. The minimum Gasteiger partial charge on any atom is -0.507 e. The number of oxime groups is 1. The Morgan fingerprint density at radius 1 is 1.20 bits per heavy atom. The van der Waals surface area contributed by atoms with Gasteiger partial charge in [0.2, 0.25) is 0 Å². The normalized spacial score (nSPS) is 11.8. The molecule has 0 radical (unpaired) electrons. The maximum Gasteiger partial charge on any atom is 0.407 e. The summed E-state index contributed by atoms with van der Waals surface area (Å²) < 4.78 is 20.3. The second-order valence-electron chi connectivity index (χ2n) is 7.54. The van der Waals surface area contributed by atoms with Crippen LogP contribution in [0.4, 0.5) is 9.18 Å². The Labute approximate surface area is 172 Å². The number of nitrogens with one attached hydrogen (secondary N) is 1. The third kappa shape index (κ3) is 5.25. The number of halogens is 1. The summed E-state index contributed by atoms with van der Waals surface area (Å²) in [6.07, 6.45) is -0.722. The van der Waals surface area contributed by atoms with Crippen molar-refractivity contribution in [2.24, 2.45) is 5.16 Å². The molecule has 4 N–H and O–H groups in total. The van der Waals surface area contributed by atoms with Crippen molar-refractivity contribution < 1.29 is 34.1 Å². The van der Waals surface area contributed by atoms with Crippen molar-refractivity contribution in [3.05, 3.63) is 52.8 Å². The second kappa shape index (κ2) is 8.81. The van der Waals surface area contributed by atoms with Crippen LogP contribution in [0.1, 0.15) is 49.2 Å². The summed E-state index contributed by atoms with van der Waals surface area (Å²) in [6.45, 7) is 6.27. The van der Waals surface area contributed by atoms with E-state index in [9.17, 15) is 19.8 Å². The average Bonchev–Trinajstić information content (AvgIpc) is 2.65. The molecule has 0 aliphatic heterocycles. The quantitative estimate of drug-likeness (QED) is 0.328. The number of phenolic OH excluding ortho intramolecular Hbond substituents is 1. The highest BCUT2D eigenvalue weighted by molar-refractivity contribution is 6.05. The average molecular weight is 418 g/mol. The first-order valence-electron chi connectivity index (χ1n) is 8.98. The van der Waals surface area contributed by atoms with Gasteiger partial charge >= 0.3 is 12.1 Å². The van der Waals surface area contributed by atoms with E-state index in [1.165, 1.54) is 25.1 Å². The van der Waals surface area contributed by atoms with E-state index in [2.05, 4.69) is 10.5 Å². The maximum absolute atomic E-state index is 15.1. The molecule has 0 aromatic heterocycles. The van der Waals surface area contributed by atoms with Gasteiger partial charge in [-0.05, 0) is 39.8 Å². The zero-order chi connectivity index (χ0) is 22.6. The van der Waals surface area contributed by atoms with Crippen molar-refractivity contribution in [2.75, 3.05) is 0 Å². The molecular weight excluding hydrogens is 395 g/mol. The fourth-order valence-corrected chi connectivity index (χ4v) is 2.70. The number of hydrogen-bond acceptors (Lipinski definition) is 6. The zero-order valence-corrected chi connectivity index (χ0v) is 17.0. The van der Waals surface area contributed by atoms with Crippen LogP contribution < -0.4 is 5.32 Å². The lowest BCUT2D eigenvalue weighted by Gasteiger charge is -2.20. The standard InChI is InChI=1S/C21H23FN2O6/c1-11(24-29)15-8-13(19(26)27)9-16(18(15)25)14-7-5-6-12(17(14)22)10-23-20(28)30-21(2,3)4/h5-9,25,29H,10H2,1-4H3,(H,23,28)(H,26,27). The van der Waals surface area contributed by atoms with Gasteiger partial charge in [-0.25, -0.2) is 14.0 Å². The Morgan fingerprint density at radius 2 is 1.87 bits per heavy atom. The van der Waals surface area contributed by atoms with Gasteiger partial charge in [-0.2, -0.15) is 0 Å². The highest BCUT2D eigenvalue weighted by Gasteiger charge is 2.21. The highest BCUT2D eigenvalue weighted by atomic mass is 19.1. The molecule has 0 atom stereocenters. The lowest BCUT2D eigenvalue weighted by atomic mass is 9.94. The van der Waals surface area contributed by atoms with Crippen LogP contribution in [0.25, 0.3) is 11.1 Å². The molecule has 0 unspecified atom stereocenters. The minimum atomic E-state index is -1.30. The number of carboxylic acid groups (broad SMARTS) is 1. The number of nitrogens with zero attached hydrogens (tertiary/aromatic N) is 1. The first kappa shape index (κ1) is 22.7. The number of hydrogen-bond donors (Lipinski definition) is 4. The third-order valence-electron chi connectivity index (χ3n) is 4.09. The molecule has 8 nitrogen and oxygen atoms in total. The first-order valence-corrected chi connectivity index (χ1v) is 8.98. The molecule has 2 rings (SSSR count). The Hall–Kier alpha value is -3.62. The van der Waals surface area contributed by atoms with Crippen LogP contribution in [-0.4, -0.2) is 38.8 Å². The largest absolute Gasteiger partial charge is 0.507 e. The van der Waals surface area contributed by atoms with Crippen molar-refractivity contribution >= 4 is 17.8 Å². The maximum atomic E-state index is 15.1. The van der Waals surface area contributed by atoms with Crippen LogP contribution in [0, 0.1) is 5.82 Å². The van der Waals surface area contributed by atoms with E-state index in [0.717, 1.165) is 12.1 Å². The third-order valence-corrected chi connectivity index (χ3v) is 4.09. The van der Waals surface area contributed by atoms with Gasteiger partial charge in [0.15, 0.2) is 0 Å². The van der Waals surface area contributed by atoms with Crippen LogP contribution in [0.5, 0.6) is 5.75 Å². The Kier molecular flexibility index (Phi) is 6.66. The van der Waals surface area contributed by atoms with Crippen LogP contribution in [0.2, 0.25) is 0 Å². The van der Waals surface area contributed by atoms with E-state index in [1.54, 1.807) is 20.8 Å². The van der Waals surface area contributed by atoms with Crippen LogP contribution in [0.3, 0.4) is 0 Å². The molecule has 30 heavy (non-hydrogen) atoms. The van der Waals surface area contributed by atoms with Gasteiger partial charge in [0, 0.05) is 28.8 Å². The SMILES string of the molecule is CC(=NO)c1cc(C(=O)O)cc(-c2cccc(CNC(=O)OC(C)(C)C)c2F)c1O. The van der Waals surface area contributed by atoms with Gasteiger partial charge in [0.25, 0.3) is 0 Å². The van der Waals surface area contributed by atoms with Gasteiger partial charge in [-0.3, -0.25) is 0 Å². The lowest BCUT2D eigenvalue weighted by Crippen LogP contribution is -2.32. The number of amides is 1. The Bertz CT molecular complexity index is 1010. The van der Waals surface area contributed by atoms with Gasteiger partial charge < -0.3 is 25.5 Å². The molecule has 2 aromatic carbocycles. The molecule has 0 spiro atoms. The summed E-state index contributed by atoms with van der Waals surface area (Å²) in [5.41, 5.74) is -1.10. The van der Waals surface area contributed by atoms with Gasteiger partial charge in [0.05, 0.1) is 11.3 Å². The van der Waals surface area contributed by atoms with Crippen molar-refractivity contribution in [3.8, 4) is 16.9 Å². The Morgan fingerprint density at radius 3 is 2.43 bits per heavy atom. The number of carbonyl (C=O) groups excluding carboxylic acids is 1. The number of ether oxygens (including phenoxy) is 1. The Balaban J connectivity index is 2.48. The first-order chi connectivity index (χ1) is 13.9. The molecule has 2 aromatic rings. The second-order valence-corrected chi connectivity index (χ2v) is 7.54. The number of carboxylic acids is 1. The predicted molar refractivity (Wildman–Crippen MR) is 108 cm³/mol. The predicted octanol–water partition coefficient (Wildman–Crippen LogP) is 4.12. The van der Waals surface area contributed by atoms with E-state index in [0.29, 0.717) is 0 Å². The summed E-state index contributed by atoms with van der Waals surface area (Å²) in [6, 6.07) is 6.55. The summed E-state index contributed by atoms with van der Waals surface area (Å²) in [7, 11) is 0. The molecule has 0 saturated heterocycles. The number of phenols is 1. The number of aromatic hydroxyl groups is 1. The highest BCUT2D eigenvalue weighted by Crippen LogP contribution is 2.36. The molecule has 1 amide bonds. The van der Waals surface area contributed by atoms with Crippen LogP contribution in [0.15, 0.2) is 35.5 Å². The van der Waals surface area contributed by atoms with Crippen molar-refractivity contribution in [3.63, 3.8) is 0 Å². The van der Waals surface area contributed by atoms with Gasteiger partial charge in [-0.1, -0.05) is 23.4 Å². The molecule has 0 bridgehead atoms. The van der Waals surface area contributed by atoms with E-state index in [1.807, 2.05) is 0 Å². The molecule has 0 aliphatic rings. The van der Waals surface area contributed by atoms with Crippen LogP contribution in [-0.2, 0) is 11.3 Å². The molecular formula is C21H23FN2O6. The smallest absolute Gasteiger partial charge is 0.407 e.